The molecule has 0 aromatic heterocycles. The highest BCUT2D eigenvalue weighted by Gasteiger charge is 2.06. The van der Waals surface area contributed by atoms with Crippen LogP contribution in [-0.2, 0) is 11.2 Å². The molecule has 1 atom stereocenters. The smallest absolute Gasteiger partial charge is 0.0587 e. The summed E-state index contributed by atoms with van der Waals surface area (Å²) in [6.45, 7) is 3.93. The highest BCUT2D eigenvalue weighted by atomic mass is 32.2. The monoisotopic (exact) mass is 253 g/mol. The number of thioether (sulfide) groups is 1. The first-order valence-corrected chi connectivity index (χ1v) is 7.37. The average molecular weight is 253 g/mol. The summed E-state index contributed by atoms with van der Waals surface area (Å²) in [6, 6.07) is 9.40. The molecule has 0 amide bonds. The van der Waals surface area contributed by atoms with Crippen LogP contribution in [0.25, 0.3) is 0 Å². The number of nitrogens with one attached hydrogen (secondary N) is 1. The molecule has 0 radical (unpaired) electrons. The van der Waals surface area contributed by atoms with E-state index in [9.17, 15) is 0 Å². The van der Waals surface area contributed by atoms with Gasteiger partial charge in [0.25, 0.3) is 0 Å². The van der Waals surface area contributed by atoms with Gasteiger partial charge in [-0.25, -0.2) is 0 Å². The van der Waals surface area contributed by atoms with Gasteiger partial charge in [-0.1, -0.05) is 19.1 Å². The van der Waals surface area contributed by atoms with Crippen LogP contribution in [0, 0.1) is 0 Å². The zero-order valence-corrected chi connectivity index (χ0v) is 11.8. The van der Waals surface area contributed by atoms with Crippen molar-refractivity contribution in [1.29, 1.82) is 0 Å². The van der Waals surface area contributed by atoms with Crippen LogP contribution in [0.15, 0.2) is 29.2 Å². The molecule has 0 spiro atoms. The minimum Gasteiger partial charge on any atom is -0.383 e. The molecule has 1 N–H and O–H groups in total. The van der Waals surface area contributed by atoms with Gasteiger partial charge in [-0.3, -0.25) is 0 Å². The third-order valence-corrected chi connectivity index (χ3v) is 3.62. The molecule has 1 rings (SSSR count). The highest BCUT2D eigenvalue weighted by molar-refractivity contribution is 7.98. The maximum Gasteiger partial charge on any atom is 0.0587 e. The number of methoxy groups -OCH3 is 1. The van der Waals surface area contributed by atoms with E-state index in [1.165, 1.54) is 10.5 Å². The van der Waals surface area contributed by atoms with E-state index in [1.807, 2.05) is 0 Å². The van der Waals surface area contributed by atoms with Gasteiger partial charge in [0, 0.05) is 24.6 Å². The van der Waals surface area contributed by atoms with Gasteiger partial charge in [0.1, 0.15) is 0 Å². The third-order valence-electron chi connectivity index (χ3n) is 2.87. The number of ether oxygens (including phenoxy) is 1. The number of rotatable bonds is 8. The third kappa shape index (κ3) is 5.57. The van der Waals surface area contributed by atoms with E-state index in [2.05, 4.69) is 42.8 Å². The lowest BCUT2D eigenvalue weighted by molar-refractivity contribution is 0.195. The van der Waals surface area contributed by atoms with E-state index < -0.39 is 0 Å². The molecular formula is C14H23NOS. The quantitative estimate of drug-likeness (QED) is 0.568. The summed E-state index contributed by atoms with van der Waals surface area (Å²) in [4.78, 5) is 1.33. The van der Waals surface area contributed by atoms with E-state index in [-0.39, 0.29) is 0 Å². The normalized spacial score (nSPS) is 12.6. The minimum absolute atomic E-state index is 0.547. The summed E-state index contributed by atoms with van der Waals surface area (Å²) < 4.78 is 5.05. The first-order chi connectivity index (χ1) is 8.30. The van der Waals surface area contributed by atoms with Gasteiger partial charge < -0.3 is 10.1 Å². The molecule has 0 aliphatic rings. The predicted octanol–water partition coefficient (Wildman–Crippen LogP) is 2.97. The first-order valence-electron chi connectivity index (χ1n) is 6.15. The first kappa shape index (κ1) is 14.6. The van der Waals surface area contributed by atoms with Gasteiger partial charge in [-0.2, -0.15) is 0 Å². The zero-order chi connectivity index (χ0) is 12.5. The topological polar surface area (TPSA) is 21.3 Å². The molecule has 96 valence electrons. The Morgan fingerprint density at radius 3 is 2.53 bits per heavy atom. The molecule has 0 saturated carbocycles. The Balaban J connectivity index is 2.43. The van der Waals surface area contributed by atoms with Crippen molar-refractivity contribution in [3.8, 4) is 0 Å². The average Bonchev–Trinajstić information content (AvgIpc) is 2.38. The van der Waals surface area contributed by atoms with Crippen molar-refractivity contribution in [2.75, 3.05) is 26.5 Å². The maximum absolute atomic E-state index is 5.05. The Labute approximate surface area is 109 Å². The molecule has 0 saturated heterocycles. The molecule has 0 fully saturated rings. The summed E-state index contributed by atoms with van der Waals surface area (Å²) in [5, 5.41) is 3.52. The van der Waals surface area contributed by atoms with Gasteiger partial charge in [0.15, 0.2) is 0 Å². The van der Waals surface area contributed by atoms with Gasteiger partial charge in [-0.15, -0.1) is 11.8 Å². The second kappa shape index (κ2) is 8.56. The van der Waals surface area contributed by atoms with E-state index in [4.69, 9.17) is 4.74 Å². The lowest BCUT2D eigenvalue weighted by atomic mass is 10.0. The zero-order valence-electron chi connectivity index (χ0n) is 11.0. The van der Waals surface area contributed by atoms with Crippen LogP contribution < -0.4 is 5.32 Å². The molecule has 1 aromatic carbocycles. The fourth-order valence-corrected chi connectivity index (χ4v) is 2.18. The maximum atomic E-state index is 5.05. The predicted molar refractivity (Wildman–Crippen MR) is 75.9 cm³/mol. The molecule has 0 aliphatic carbocycles. The van der Waals surface area contributed by atoms with Crippen molar-refractivity contribution in [2.24, 2.45) is 0 Å². The van der Waals surface area contributed by atoms with Crippen molar-refractivity contribution >= 4 is 11.8 Å². The molecule has 1 aromatic rings. The Bertz CT molecular complexity index is 300. The van der Waals surface area contributed by atoms with Crippen LogP contribution in [0.5, 0.6) is 0 Å². The number of hydrogen-bond donors (Lipinski definition) is 1. The fraction of sp³-hybridized carbons (Fsp3) is 0.571. The van der Waals surface area contributed by atoms with E-state index in [0.29, 0.717) is 6.04 Å². The summed E-state index contributed by atoms with van der Waals surface area (Å²) in [5.41, 5.74) is 1.40. The van der Waals surface area contributed by atoms with Crippen LogP contribution in [0.3, 0.4) is 0 Å². The Morgan fingerprint density at radius 2 is 2.00 bits per heavy atom. The van der Waals surface area contributed by atoms with Crippen LogP contribution in [0.4, 0.5) is 0 Å². The van der Waals surface area contributed by atoms with Gasteiger partial charge in [-0.05, 0) is 36.8 Å². The highest BCUT2D eigenvalue weighted by Crippen LogP contribution is 2.16. The van der Waals surface area contributed by atoms with Crippen LogP contribution >= 0.6 is 11.8 Å². The number of hydrogen-bond acceptors (Lipinski definition) is 3. The van der Waals surface area contributed by atoms with E-state index in [1.54, 1.807) is 18.9 Å². The Hall–Kier alpha value is -0.510. The molecule has 17 heavy (non-hydrogen) atoms. The van der Waals surface area contributed by atoms with Crippen molar-refractivity contribution < 1.29 is 4.74 Å². The van der Waals surface area contributed by atoms with Crippen LogP contribution in [0.2, 0.25) is 0 Å². The van der Waals surface area contributed by atoms with Crippen molar-refractivity contribution in [1.82, 2.24) is 5.32 Å². The second-order valence-electron chi connectivity index (χ2n) is 4.10. The number of benzene rings is 1. The van der Waals surface area contributed by atoms with Gasteiger partial charge in [0.2, 0.25) is 0 Å². The van der Waals surface area contributed by atoms with Crippen molar-refractivity contribution in [2.45, 2.75) is 30.7 Å². The molecule has 1 unspecified atom stereocenters. The van der Waals surface area contributed by atoms with Gasteiger partial charge in [0.05, 0.1) is 6.61 Å². The van der Waals surface area contributed by atoms with E-state index in [0.717, 1.165) is 26.0 Å². The summed E-state index contributed by atoms with van der Waals surface area (Å²) >= 11 is 1.79. The van der Waals surface area contributed by atoms with E-state index >= 15 is 0 Å². The van der Waals surface area contributed by atoms with Crippen LogP contribution in [0.1, 0.15) is 18.9 Å². The molecule has 0 aliphatic heterocycles. The SMILES string of the molecule is CCC(Cc1ccc(SC)cc1)NCCOC. The van der Waals surface area contributed by atoms with Crippen LogP contribution in [-0.4, -0.2) is 32.6 Å². The lowest BCUT2D eigenvalue weighted by Gasteiger charge is -2.16. The summed E-state index contributed by atoms with van der Waals surface area (Å²) in [6.07, 6.45) is 4.35. The Kier molecular flexibility index (Phi) is 7.33. The standard InChI is InChI=1S/C14H23NOS/c1-4-13(15-9-10-16-2)11-12-5-7-14(17-3)8-6-12/h5-8,13,15H,4,9-11H2,1-3H3. The Morgan fingerprint density at radius 1 is 1.29 bits per heavy atom. The summed E-state index contributed by atoms with van der Waals surface area (Å²) in [5.74, 6) is 0. The lowest BCUT2D eigenvalue weighted by Crippen LogP contribution is -2.33. The molecular weight excluding hydrogens is 230 g/mol. The molecule has 0 heterocycles. The van der Waals surface area contributed by atoms with Gasteiger partial charge >= 0.3 is 0 Å². The van der Waals surface area contributed by atoms with Crippen molar-refractivity contribution in [3.63, 3.8) is 0 Å². The molecule has 0 bridgehead atoms. The minimum atomic E-state index is 0.547. The fourth-order valence-electron chi connectivity index (χ4n) is 1.77. The molecule has 2 nitrogen and oxygen atoms in total. The summed E-state index contributed by atoms with van der Waals surface area (Å²) in [7, 11) is 1.74. The second-order valence-corrected chi connectivity index (χ2v) is 4.98. The molecule has 3 heteroatoms. The van der Waals surface area contributed by atoms with Crippen molar-refractivity contribution in [3.05, 3.63) is 29.8 Å². The largest absolute Gasteiger partial charge is 0.383 e.